The minimum absolute atomic E-state index is 0.152. The van der Waals surface area contributed by atoms with Crippen LogP contribution in [0.1, 0.15) is 56.2 Å². The lowest BCUT2D eigenvalue weighted by molar-refractivity contribution is 0.262. The Balaban J connectivity index is 1.88. The van der Waals surface area contributed by atoms with Crippen molar-refractivity contribution in [3.05, 3.63) is 35.4 Å². The zero-order valence-corrected chi connectivity index (χ0v) is 13.1. The maximum atomic E-state index is 6.43. The smallest absolute Gasteiger partial charge is 0.0426 e. The van der Waals surface area contributed by atoms with Gasteiger partial charge in [0.2, 0.25) is 0 Å². The molecule has 2 heteroatoms. The second kappa shape index (κ2) is 7.80. The molecule has 112 valence electrons. The number of rotatable bonds is 5. The Morgan fingerprint density at radius 3 is 2.80 bits per heavy atom. The zero-order valence-electron chi connectivity index (χ0n) is 13.1. The highest BCUT2D eigenvalue weighted by Crippen LogP contribution is 2.23. The summed E-state index contributed by atoms with van der Waals surface area (Å²) in [5, 5.41) is 0. The number of benzene rings is 1. The molecule has 0 aliphatic carbocycles. The van der Waals surface area contributed by atoms with Gasteiger partial charge in [-0.1, -0.05) is 44.0 Å². The Bertz CT molecular complexity index is 402. The maximum absolute atomic E-state index is 6.43. The highest BCUT2D eigenvalue weighted by atomic mass is 15.1. The van der Waals surface area contributed by atoms with E-state index in [1.165, 1.54) is 56.3 Å². The monoisotopic (exact) mass is 274 g/mol. The van der Waals surface area contributed by atoms with E-state index in [2.05, 4.69) is 43.0 Å². The van der Waals surface area contributed by atoms with Gasteiger partial charge in [-0.3, -0.25) is 0 Å². The van der Waals surface area contributed by atoms with Gasteiger partial charge in [-0.2, -0.15) is 0 Å². The van der Waals surface area contributed by atoms with E-state index in [9.17, 15) is 0 Å². The Hall–Kier alpha value is -0.860. The summed E-state index contributed by atoms with van der Waals surface area (Å²) in [7, 11) is 0. The average molecular weight is 274 g/mol. The van der Waals surface area contributed by atoms with Crippen LogP contribution in [0.15, 0.2) is 24.3 Å². The van der Waals surface area contributed by atoms with Gasteiger partial charge in [-0.25, -0.2) is 0 Å². The molecule has 1 saturated heterocycles. The second-order valence-electron chi connectivity index (χ2n) is 6.35. The molecule has 2 atom stereocenters. The highest BCUT2D eigenvalue weighted by molar-refractivity contribution is 5.28. The molecule has 20 heavy (non-hydrogen) atoms. The fraction of sp³-hybridized carbons (Fsp3) is 0.667. The van der Waals surface area contributed by atoms with Gasteiger partial charge >= 0.3 is 0 Å². The first-order valence-electron chi connectivity index (χ1n) is 8.24. The molecule has 1 aromatic carbocycles. The predicted molar refractivity (Wildman–Crippen MR) is 86.8 cm³/mol. The molecule has 1 aromatic rings. The van der Waals surface area contributed by atoms with E-state index < -0.39 is 0 Å². The van der Waals surface area contributed by atoms with E-state index in [-0.39, 0.29) is 6.04 Å². The summed E-state index contributed by atoms with van der Waals surface area (Å²) in [6.07, 6.45) is 6.83. The van der Waals surface area contributed by atoms with Crippen LogP contribution in [0.3, 0.4) is 0 Å². The number of nitrogens with two attached hydrogens (primary N) is 1. The molecule has 2 N–H and O–H groups in total. The molecule has 0 aromatic heterocycles. The molecule has 1 aliphatic rings. The van der Waals surface area contributed by atoms with Crippen molar-refractivity contribution in [3.8, 4) is 0 Å². The topological polar surface area (TPSA) is 29.3 Å². The SMILES string of the molecule is CCCC1CCCN(CC(N)c2ccccc2C)CC1. The third kappa shape index (κ3) is 4.32. The molecular formula is C18H30N2. The van der Waals surface area contributed by atoms with Crippen molar-refractivity contribution in [1.29, 1.82) is 0 Å². The number of hydrogen-bond acceptors (Lipinski definition) is 2. The van der Waals surface area contributed by atoms with Crippen molar-refractivity contribution in [2.75, 3.05) is 19.6 Å². The second-order valence-corrected chi connectivity index (χ2v) is 6.35. The van der Waals surface area contributed by atoms with Crippen molar-refractivity contribution in [3.63, 3.8) is 0 Å². The molecule has 0 amide bonds. The van der Waals surface area contributed by atoms with Crippen molar-refractivity contribution < 1.29 is 0 Å². The molecule has 2 unspecified atom stereocenters. The van der Waals surface area contributed by atoms with Crippen LogP contribution in [0.4, 0.5) is 0 Å². The van der Waals surface area contributed by atoms with E-state index in [1.807, 2.05) is 0 Å². The van der Waals surface area contributed by atoms with E-state index >= 15 is 0 Å². The van der Waals surface area contributed by atoms with Crippen molar-refractivity contribution in [2.24, 2.45) is 11.7 Å². The van der Waals surface area contributed by atoms with Gasteiger partial charge in [0.25, 0.3) is 0 Å². The van der Waals surface area contributed by atoms with E-state index in [1.54, 1.807) is 0 Å². The summed E-state index contributed by atoms with van der Waals surface area (Å²) in [6.45, 7) is 7.92. The van der Waals surface area contributed by atoms with Crippen LogP contribution >= 0.6 is 0 Å². The van der Waals surface area contributed by atoms with Crippen LogP contribution in [-0.2, 0) is 0 Å². The van der Waals surface area contributed by atoms with Crippen molar-refractivity contribution >= 4 is 0 Å². The largest absolute Gasteiger partial charge is 0.323 e. The van der Waals surface area contributed by atoms with Crippen LogP contribution in [0, 0.1) is 12.8 Å². The van der Waals surface area contributed by atoms with Crippen LogP contribution < -0.4 is 5.73 Å². The molecule has 1 aliphatic heterocycles. The molecule has 1 fully saturated rings. The van der Waals surface area contributed by atoms with Gasteiger partial charge in [0.05, 0.1) is 0 Å². The first-order valence-corrected chi connectivity index (χ1v) is 8.24. The van der Waals surface area contributed by atoms with Crippen LogP contribution in [0.5, 0.6) is 0 Å². The van der Waals surface area contributed by atoms with Gasteiger partial charge in [0.1, 0.15) is 0 Å². The maximum Gasteiger partial charge on any atom is 0.0426 e. The van der Waals surface area contributed by atoms with Gasteiger partial charge < -0.3 is 10.6 Å². The van der Waals surface area contributed by atoms with Gasteiger partial charge in [0, 0.05) is 12.6 Å². The Labute approximate surface area is 124 Å². The van der Waals surface area contributed by atoms with Gasteiger partial charge in [0.15, 0.2) is 0 Å². The summed E-state index contributed by atoms with van der Waals surface area (Å²) >= 11 is 0. The van der Waals surface area contributed by atoms with Crippen molar-refractivity contribution in [2.45, 2.75) is 52.0 Å². The quantitative estimate of drug-likeness (QED) is 0.882. The van der Waals surface area contributed by atoms with Gasteiger partial charge in [-0.05, 0) is 56.3 Å². The summed E-state index contributed by atoms with van der Waals surface area (Å²) in [5.74, 6) is 0.944. The first kappa shape index (κ1) is 15.5. The minimum Gasteiger partial charge on any atom is -0.323 e. The standard InChI is InChI=1S/C18H30N2/c1-3-7-16-9-6-12-20(13-11-16)14-18(19)17-10-5-4-8-15(17)2/h4-5,8,10,16,18H,3,6-7,9,11-14,19H2,1-2H3. The minimum atomic E-state index is 0.152. The van der Waals surface area contributed by atoms with Gasteiger partial charge in [-0.15, -0.1) is 0 Å². The fourth-order valence-corrected chi connectivity index (χ4v) is 3.48. The number of likely N-dealkylation sites (tertiary alicyclic amines) is 1. The molecule has 0 radical (unpaired) electrons. The molecule has 1 heterocycles. The van der Waals surface area contributed by atoms with Crippen LogP contribution in [0.25, 0.3) is 0 Å². The lowest BCUT2D eigenvalue weighted by atomic mass is 9.96. The number of nitrogens with zero attached hydrogens (tertiary/aromatic N) is 1. The summed E-state index contributed by atoms with van der Waals surface area (Å²) in [4.78, 5) is 2.58. The van der Waals surface area contributed by atoms with E-state index in [0.717, 1.165) is 12.5 Å². The lowest BCUT2D eigenvalue weighted by Gasteiger charge is -2.25. The third-order valence-electron chi connectivity index (χ3n) is 4.68. The third-order valence-corrected chi connectivity index (χ3v) is 4.68. The average Bonchev–Trinajstić information content (AvgIpc) is 2.65. The number of aryl methyl sites for hydroxylation is 1. The Morgan fingerprint density at radius 1 is 1.25 bits per heavy atom. The molecule has 0 bridgehead atoms. The van der Waals surface area contributed by atoms with Crippen LogP contribution in [0.2, 0.25) is 0 Å². The summed E-state index contributed by atoms with van der Waals surface area (Å²) < 4.78 is 0. The zero-order chi connectivity index (χ0) is 14.4. The first-order chi connectivity index (χ1) is 9.70. The summed E-state index contributed by atoms with van der Waals surface area (Å²) in [5.41, 5.74) is 9.05. The fourth-order valence-electron chi connectivity index (χ4n) is 3.48. The molecule has 0 spiro atoms. The lowest BCUT2D eigenvalue weighted by Crippen LogP contribution is -2.33. The molecule has 2 rings (SSSR count). The highest BCUT2D eigenvalue weighted by Gasteiger charge is 2.19. The van der Waals surface area contributed by atoms with E-state index in [0.29, 0.717) is 0 Å². The van der Waals surface area contributed by atoms with E-state index in [4.69, 9.17) is 5.73 Å². The molecule has 0 saturated carbocycles. The molecule has 2 nitrogen and oxygen atoms in total. The van der Waals surface area contributed by atoms with Crippen LogP contribution in [-0.4, -0.2) is 24.5 Å². The predicted octanol–water partition coefficient (Wildman–Crippen LogP) is 3.90. The molecular weight excluding hydrogens is 244 g/mol. The van der Waals surface area contributed by atoms with Crippen molar-refractivity contribution in [1.82, 2.24) is 4.90 Å². The normalized spacial score (nSPS) is 22.4. The Morgan fingerprint density at radius 2 is 2.05 bits per heavy atom. The summed E-state index contributed by atoms with van der Waals surface area (Å²) in [6, 6.07) is 8.68. The number of hydrogen-bond donors (Lipinski definition) is 1. The Kier molecular flexibility index (Phi) is 6.06.